The predicted molar refractivity (Wildman–Crippen MR) is 81.9 cm³/mol. The molecule has 1 aromatic carbocycles. The fraction of sp³-hybridized carbons (Fsp3) is 0.375. The van der Waals surface area contributed by atoms with E-state index in [1.807, 2.05) is 24.3 Å². The molecule has 1 saturated carbocycles. The highest BCUT2D eigenvalue weighted by molar-refractivity contribution is 5.73. The molecular weight excluding hydrogens is 268 g/mol. The van der Waals surface area contributed by atoms with Crippen LogP contribution in [0.2, 0.25) is 0 Å². The van der Waals surface area contributed by atoms with Crippen LogP contribution in [0.1, 0.15) is 18.6 Å². The number of hydrogen-bond acceptors (Lipinski definition) is 5. The van der Waals surface area contributed by atoms with Crippen LogP contribution in [0, 0.1) is 0 Å². The fourth-order valence-corrected chi connectivity index (χ4v) is 2.50. The van der Waals surface area contributed by atoms with Crippen molar-refractivity contribution < 1.29 is 13.9 Å². The summed E-state index contributed by atoms with van der Waals surface area (Å²) in [6.45, 7) is 0.706. The summed E-state index contributed by atoms with van der Waals surface area (Å²) in [5, 5.41) is 0. The van der Waals surface area contributed by atoms with Crippen molar-refractivity contribution in [3.05, 3.63) is 36.3 Å². The van der Waals surface area contributed by atoms with E-state index in [0.29, 0.717) is 29.8 Å². The average molecular weight is 288 g/mol. The van der Waals surface area contributed by atoms with Gasteiger partial charge in [0, 0.05) is 18.2 Å². The largest absolute Gasteiger partial charge is 0.493 e. The minimum atomic E-state index is 0.510. The minimum absolute atomic E-state index is 0.510. The topological polar surface area (TPSA) is 60.9 Å². The third-order valence-electron chi connectivity index (χ3n) is 3.74. The van der Waals surface area contributed by atoms with Crippen LogP contribution in [-0.2, 0) is 6.54 Å². The van der Waals surface area contributed by atoms with Gasteiger partial charge in [-0.1, -0.05) is 0 Å². The first-order valence-corrected chi connectivity index (χ1v) is 7.03. The van der Waals surface area contributed by atoms with Crippen LogP contribution in [0.25, 0.3) is 0 Å². The zero-order valence-corrected chi connectivity index (χ0v) is 12.3. The summed E-state index contributed by atoms with van der Waals surface area (Å²) >= 11 is 0. The van der Waals surface area contributed by atoms with Crippen LogP contribution in [0.15, 0.2) is 34.9 Å². The highest BCUT2D eigenvalue weighted by Crippen LogP contribution is 2.41. The molecule has 0 unspecified atom stereocenters. The van der Waals surface area contributed by atoms with Gasteiger partial charge in [-0.05, 0) is 25.0 Å². The molecule has 2 aromatic rings. The van der Waals surface area contributed by atoms with Crippen LogP contribution in [0.4, 0.5) is 11.4 Å². The number of hydrogen-bond donors (Lipinski definition) is 1. The van der Waals surface area contributed by atoms with E-state index in [9.17, 15) is 0 Å². The third-order valence-corrected chi connectivity index (χ3v) is 3.74. The van der Waals surface area contributed by atoms with E-state index in [1.54, 1.807) is 20.5 Å². The van der Waals surface area contributed by atoms with Crippen LogP contribution < -0.4 is 20.1 Å². The maximum Gasteiger partial charge on any atom is 0.162 e. The number of anilines is 2. The average Bonchev–Trinajstić information content (AvgIpc) is 3.21. The molecule has 21 heavy (non-hydrogen) atoms. The lowest BCUT2D eigenvalue weighted by atomic mass is 10.2. The molecule has 1 aliphatic rings. The Morgan fingerprint density at radius 3 is 2.52 bits per heavy atom. The first-order chi connectivity index (χ1) is 10.2. The molecule has 1 aliphatic carbocycles. The SMILES string of the molecule is COc1cc(N)c(N(Cc2ccco2)C2CC2)cc1OC. The van der Waals surface area contributed by atoms with Crippen molar-refractivity contribution in [2.75, 3.05) is 24.9 Å². The molecule has 0 radical (unpaired) electrons. The van der Waals surface area contributed by atoms with E-state index in [2.05, 4.69) is 4.90 Å². The van der Waals surface area contributed by atoms with Gasteiger partial charge in [-0.2, -0.15) is 0 Å². The molecule has 5 nitrogen and oxygen atoms in total. The van der Waals surface area contributed by atoms with Crippen LogP contribution in [-0.4, -0.2) is 20.3 Å². The number of ether oxygens (including phenoxy) is 2. The molecule has 112 valence electrons. The number of furan rings is 1. The highest BCUT2D eigenvalue weighted by atomic mass is 16.5. The number of nitrogens with zero attached hydrogens (tertiary/aromatic N) is 1. The van der Waals surface area contributed by atoms with Gasteiger partial charge in [0.25, 0.3) is 0 Å². The van der Waals surface area contributed by atoms with Gasteiger partial charge in [0.15, 0.2) is 11.5 Å². The number of nitrogen functional groups attached to an aromatic ring is 1. The van der Waals surface area contributed by atoms with E-state index in [4.69, 9.17) is 19.6 Å². The Kier molecular flexibility index (Phi) is 3.64. The molecule has 0 spiro atoms. The Hall–Kier alpha value is -2.30. The Bertz CT molecular complexity index is 606. The maximum absolute atomic E-state index is 6.21. The first kappa shape index (κ1) is 13.7. The summed E-state index contributed by atoms with van der Waals surface area (Å²) in [5.41, 5.74) is 7.86. The Labute approximate surface area is 124 Å². The number of methoxy groups -OCH3 is 2. The van der Waals surface area contributed by atoms with Crippen molar-refractivity contribution in [3.63, 3.8) is 0 Å². The maximum atomic E-state index is 6.21. The highest BCUT2D eigenvalue weighted by Gasteiger charge is 2.31. The summed E-state index contributed by atoms with van der Waals surface area (Å²) in [5.74, 6) is 2.26. The second-order valence-electron chi connectivity index (χ2n) is 5.20. The number of nitrogens with two attached hydrogens (primary N) is 1. The van der Waals surface area contributed by atoms with Gasteiger partial charge >= 0.3 is 0 Å². The number of benzene rings is 1. The minimum Gasteiger partial charge on any atom is -0.493 e. The van der Waals surface area contributed by atoms with Gasteiger partial charge in [0.05, 0.1) is 38.4 Å². The normalized spacial score (nSPS) is 14.0. The molecule has 0 bridgehead atoms. The van der Waals surface area contributed by atoms with E-state index < -0.39 is 0 Å². The van der Waals surface area contributed by atoms with E-state index in [0.717, 1.165) is 11.4 Å². The molecule has 0 aliphatic heterocycles. The summed E-state index contributed by atoms with van der Waals surface area (Å²) in [4.78, 5) is 2.27. The first-order valence-electron chi connectivity index (χ1n) is 7.03. The van der Waals surface area contributed by atoms with E-state index in [1.165, 1.54) is 12.8 Å². The summed E-state index contributed by atoms with van der Waals surface area (Å²) in [7, 11) is 3.24. The lowest BCUT2D eigenvalue weighted by molar-refractivity contribution is 0.355. The summed E-state index contributed by atoms with van der Waals surface area (Å²) < 4.78 is 16.1. The molecular formula is C16H20N2O3. The smallest absolute Gasteiger partial charge is 0.162 e. The Morgan fingerprint density at radius 1 is 1.24 bits per heavy atom. The van der Waals surface area contributed by atoms with E-state index in [-0.39, 0.29) is 0 Å². The monoisotopic (exact) mass is 288 g/mol. The molecule has 1 aromatic heterocycles. The van der Waals surface area contributed by atoms with Crippen molar-refractivity contribution >= 4 is 11.4 Å². The van der Waals surface area contributed by atoms with Crippen molar-refractivity contribution in [3.8, 4) is 11.5 Å². The van der Waals surface area contributed by atoms with Crippen molar-refractivity contribution in [2.45, 2.75) is 25.4 Å². The lowest BCUT2D eigenvalue weighted by Crippen LogP contribution is -2.25. The summed E-state index contributed by atoms with van der Waals surface area (Å²) in [6, 6.07) is 8.14. The zero-order chi connectivity index (χ0) is 14.8. The third kappa shape index (κ3) is 2.77. The molecule has 3 rings (SSSR count). The zero-order valence-electron chi connectivity index (χ0n) is 12.3. The molecule has 0 saturated heterocycles. The molecule has 1 heterocycles. The van der Waals surface area contributed by atoms with Gasteiger partial charge in [0.2, 0.25) is 0 Å². The standard InChI is InChI=1S/C16H20N2O3/c1-19-15-8-13(17)14(9-16(15)20-2)18(11-5-6-11)10-12-4-3-7-21-12/h3-4,7-9,11H,5-6,10,17H2,1-2H3. The molecule has 0 atom stereocenters. The quantitative estimate of drug-likeness (QED) is 0.828. The second kappa shape index (κ2) is 5.60. The van der Waals surface area contributed by atoms with Crippen LogP contribution in [0.3, 0.4) is 0 Å². The number of rotatable bonds is 6. The van der Waals surface area contributed by atoms with Crippen molar-refractivity contribution in [1.82, 2.24) is 0 Å². The second-order valence-corrected chi connectivity index (χ2v) is 5.20. The van der Waals surface area contributed by atoms with Crippen LogP contribution in [0.5, 0.6) is 11.5 Å². The predicted octanol–water partition coefficient (Wildman–Crippen LogP) is 3.05. The lowest BCUT2D eigenvalue weighted by Gasteiger charge is -2.26. The molecule has 5 heteroatoms. The van der Waals surface area contributed by atoms with Gasteiger partial charge in [-0.15, -0.1) is 0 Å². The van der Waals surface area contributed by atoms with E-state index >= 15 is 0 Å². The van der Waals surface area contributed by atoms with Crippen LogP contribution >= 0.6 is 0 Å². The van der Waals surface area contributed by atoms with Gasteiger partial charge in [-0.3, -0.25) is 0 Å². The Morgan fingerprint density at radius 2 is 1.95 bits per heavy atom. The van der Waals surface area contributed by atoms with Gasteiger partial charge in [0.1, 0.15) is 5.76 Å². The Balaban J connectivity index is 1.95. The molecule has 0 amide bonds. The van der Waals surface area contributed by atoms with Crippen molar-refractivity contribution in [1.29, 1.82) is 0 Å². The van der Waals surface area contributed by atoms with Crippen molar-refractivity contribution in [2.24, 2.45) is 0 Å². The molecule has 1 fully saturated rings. The van der Waals surface area contributed by atoms with Gasteiger partial charge in [-0.25, -0.2) is 0 Å². The molecule has 2 N–H and O–H groups in total. The summed E-state index contributed by atoms with van der Waals surface area (Å²) in [6.07, 6.45) is 4.04. The van der Waals surface area contributed by atoms with Gasteiger partial charge < -0.3 is 24.5 Å². The fourth-order valence-electron chi connectivity index (χ4n) is 2.50.